The number of amides is 6. The molecule has 1 unspecified atom stereocenters. The molecule has 2 aromatic rings. The molecule has 2 aliphatic rings. The van der Waals surface area contributed by atoms with Gasteiger partial charge in [0.05, 0.1) is 54.8 Å². The number of nitrogens with zero attached hydrogens (tertiary/aromatic N) is 4. The van der Waals surface area contributed by atoms with Crippen LogP contribution in [0, 0.1) is 47.3 Å². The van der Waals surface area contributed by atoms with E-state index in [2.05, 4.69) is 60.4 Å². The van der Waals surface area contributed by atoms with Crippen molar-refractivity contribution in [2.45, 2.75) is 221 Å². The van der Waals surface area contributed by atoms with E-state index in [1.165, 1.54) is 11.3 Å². The van der Waals surface area contributed by atoms with Crippen molar-refractivity contribution in [1.82, 2.24) is 35.6 Å². The third-order valence-corrected chi connectivity index (χ3v) is 19.5. The number of likely N-dealkylation sites (N-methyl/N-ethyl adjacent to an activating group) is 2. The van der Waals surface area contributed by atoms with Crippen molar-refractivity contribution >= 4 is 47.2 Å². The van der Waals surface area contributed by atoms with E-state index in [1.54, 1.807) is 59.4 Å². The summed E-state index contributed by atoms with van der Waals surface area (Å²) in [6, 6.07) is 12.8. The van der Waals surface area contributed by atoms with E-state index in [0.717, 1.165) is 57.7 Å². The number of hydrogen-bond acceptors (Lipinski definition) is 14. The fourth-order valence-electron chi connectivity index (χ4n) is 13.6. The van der Waals surface area contributed by atoms with Gasteiger partial charge in [0.1, 0.15) is 12.4 Å². The molecule has 0 aromatic heterocycles. The van der Waals surface area contributed by atoms with E-state index < -0.39 is 60.4 Å². The van der Waals surface area contributed by atoms with Gasteiger partial charge in [-0.1, -0.05) is 137 Å². The molecule has 0 bridgehead atoms. The minimum absolute atomic E-state index is 0.00270. The molecule has 2 saturated heterocycles. The summed E-state index contributed by atoms with van der Waals surface area (Å²) in [5.74, 6) is -1.79. The van der Waals surface area contributed by atoms with Crippen molar-refractivity contribution in [3.8, 4) is 0 Å². The van der Waals surface area contributed by atoms with Crippen LogP contribution in [0.25, 0.3) is 0 Å². The van der Waals surface area contributed by atoms with Gasteiger partial charge in [-0.3, -0.25) is 28.8 Å². The summed E-state index contributed by atoms with van der Waals surface area (Å²) >= 11 is 0. The Morgan fingerprint density at radius 3 is 2.01 bits per heavy atom. The first kappa shape index (κ1) is 78.6. The van der Waals surface area contributed by atoms with Crippen molar-refractivity contribution in [2.24, 2.45) is 53.1 Å². The number of carbonyl (C=O) groups is 8. The number of ether oxygens (including phenoxy) is 3. The van der Waals surface area contributed by atoms with Gasteiger partial charge in [0.15, 0.2) is 11.6 Å². The number of nitrogens with one attached hydrogen (secondary N) is 3. The van der Waals surface area contributed by atoms with Crippen LogP contribution in [0.3, 0.4) is 0 Å². The van der Waals surface area contributed by atoms with Gasteiger partial charge < -0.3 is 60.6 Å². The Kier molecular flexibility index (Phi) is 34.0. The molecule has 20 heteroatoms. The monoisotopic (exact) mass is 1290 g/mol. The molecule has 0 saturated carbocycles. The van der Waals surface area contributed by atoms with Crippen molar-refractivity contribution in [2.75, 3.05) is 67.6 Å². The SMILES string of the molecule is CC[C@H](C)[C@@H]([C@@H](CC(=O)N1CCC[C@H]1[C@H](OC)[C@@H](C)C(=O)N[C@H](C)[C@@H](O)c1ccccc1)OC)N(C)C[C@@H](CC(=O)[C@H](C(C)C)N(C)C(=O)OCc1ccc(CC(=O)[C@H](CCCNC(N)=O)NC(=O)[C@@H](CC(=O)CCCCCN2CCC(C)C2)C(C)C)cc1)C(C)C. The summed E-state index contributed by atoms with van der Waals surface area (Å²) in [6.07, 6.45) is 5.05. The van der Waals surface area contributed by atoms with Crippen LogP contribution in [0.1, 0.15) is 182 Å². The van der Waals surface area contributed by atoms with Gasteiger partial charge in [-0.2, -0.15) is 0 Å². The van der Waals surface area contributed by atoms with E-state index in [0.29, 0.717) is 49.0 Å². The summed E-state index contributed by atoms with van der Waals surface area (Å²) in [5, 5.41) is 19.5. The van der Waals surface area contributed by atoms with Gasteiger partial charge in [0.2, 0.25) is 17.7 Å². The zero-order valence-corrected chi connectivity index (χ0v) is 58.6. The van der Waals surface area contributed by atoms with Gasteiger partial charge in [-0.05, 0) is 124 Å². The average molecular weight is 1290 g/mol. The molecule has 6 amide bonds. The van der Waals surface area contributed by atoms with Crippen LogP contribution in [-0.4, -0.2) is 182 Å². The summed E-state index contributed by atoms with van der Waals surface area (Å²) in [4.78, 5) is 117. The fourth-order valence-corrected chi connectivity index (χ4v) is 13.6. The molecule has 0 radical (unpaired) electrons. The highest BCUT2D eigenvalue weighted by atomic mass is 16.6. The molecule has 0 spiro atoms. The lowest BCUT2D eigenvalue weighted by Gasteiger charge is -2.41. The molecule has 2 aliphatic heterocycles. The predicted octanol–water partition coefficient (Wildman–Crippen LogP) is 9.32. The lowest BCUT2D eigenvalue weighted by atomic mass is 9.84. The maximum atomic E-state index is 14.5. The molecule has 13 atom stereocenters. The van der Waals surface area contributed by atoms with E-state index in [4.69, 9.17) is 19.9 Å². The van der Waals surface area contributed by atoms with E-state index in [9.17, 15) is 43.5 Å². The smallest absolute Gasteiger partial charge is 0.410 e. The lowest BCUT2D eigenvalue weighted by molar-refractivity contribution is -0.143. The summed E-state index contributed by atoms with van der Waals surface area (Å²) in [7, 11) is 6.81. The van der Waals surface area contributed by atoms with Gasteiger partial charge in [0.25, 0.3) is 0 Å². The maximum absolute atomic E-state index is 14.5. The summed E-state index contributed by atoms with van der Waals surface area (Å²) < 4.78 is 18.1. The number of rotatable bonds is 42. The topological polar surface area (TPSA) is 260 Å². The van der Waals surface area contributed by atoms with Crippen molar-refractivity contribution in [1.29, 1.82) is 0 Å². The maximum Gasteiger partial charge on any atom is 0.410 e. The highest BCUT2D eigenvalue weighted by Crippen LogP contribution is 2.32. The number of likely N-dealkylation sites (tertiary alicyclic amines) is 2. The molecule has 4 rings (SSSR count). The fraction of sp³-hybridized carbons (Fsp3) is 0.722. The Morgan fingerprint density at radius 1 is 0.750 bits per heavy atom. The molecule has 92 heavy (non-hydrogen) atoms. The second-order valence-corrected chi connectivity index (χ2v) is 27.8. The quantitative estimate of drug-likeness (QED) is 0.0388. The molecule has 518 valence electrons. The van der Waals surface area contributed by atoms with Crippen LogP contribution in [0.15, 0.2) is 54.6 Å². The minimum Gasteiger partial charge on any atom is -0.445 e. The normalized spacial score (nSPS) is 18.9. The van der Waals surface area contributed by atoms with Gasteiger partial charge >= 0.3 is 12.1 Å². The molecular formula is C72H118N8O12. The van der Waals surface area contributed by atoms with Crippen LogP contribution in [0.5, 0.6) is 0 Å². The third-order valence-electron chi connectivity index (χ3n) is 19.5. The summed E-state index contributed by atoms with van der Waals surface area (Å²) in [5.41, 5.74) is 7.34. The lowest BCUT2D eigenvalue weighted by Crippen LogP contribution is -2.53. The predicted molar refractivity (Wildman–Crippen MR) is 360 cm³/mol. The molecule has 20 nitrogen and oxygen atoms in total. The zero-order chi connectivity index (χ0) is 68.4. The number of aliphatic hydroxyl groups excluding tert-OH is 1. The van der Waals surface area contributed by atoms with Crippen molar-refractivity contribution < 1.29 is 57.7 Å². The van der Waals surface area contributed by atoms with Crippen LogP contribution < -0.4 is 21.7 Å². The number of unbranched alkanes of at least 4 members (excludes halogenated alkanes) is 2. The first-order chi connectivity index (χ1) is 43.6. The summed E-state index contributed by atoms with van der Waals surface area (Å²) in [6.45, 7) is 26.4. The van der Waals surface area contributed by atoms with Crippen molar-refractivity contribution in [3.63, 3.8) is 0 Å². The average Bonchev–Trinajstić information content (AvgIpc) is 1.56. The molecule has 2 heterocycles. The highest BCUT2D eigenvalue weighted by Gasteiger charge is 2.43. The standard InChI is InChI=1S/C72H118N8O12/c1-16-50(9)66(63(90-14)42-64(84)80-37-24-29-60(80)68(91-15)51(10)69(86)75-52(11)67(85)55-25-19-17-20-26-55)77(12)44-56(46(2)3)40-62(83)65(48(6)7)78(13)72(89)92-45-54-32-30-53(31-33-54)39-61(82)59(28-23-35-74-71(73)88)76-70(87)58(47(4)5)41-57(81)27-21-18-22-36-79-38-34-49(8)43-79/h17,19-20,25-26,30-33,46-52,56,58-60,63,65-68,85H,16,18,21-24,27-29,34-45H2,1-15H3,(H,75,86)(H,76,87)(H3,73,74,88)/t49?,50-,51+,52+,56+,58-,59-,60-,63+,65-,66-,67+,68+/m0/s1. The Hall–Kier alpha value is -5.80. The molecular weight excluding hydrogens is 1170 g/mol. The van der Waals surface area contributed by atoms with Crippen LogP contribution in [0.4, 0.5) is 9.59 Å². The van der Waals surface area contributed by atoms with Gasteiger partial charge in [-0.15, -0.1) is 0 Å². The largest absolute Gasteiger partial charge is 0.445 e. The van der Waals surface area contributed by atoms with Crippen LogP contribution >= 0.6 is 0 Å². The Labute approximate surface area is 551 Å². The minimum atomic E-state index is -0.900. The number of carbonyl (C=O) groups excluding carboxylic acids is 8. The van der Waals surface area contributed by atoms with E-state index in [-0.39, 0.29) is 122 Å². The Balaban J connectivity index is 1.35. The number of nitrogens with two attached hydrogens (primary N) is 1. The van der Waals surface area contributed by atoms with Crippen molar-refractivity contribution in [3.05, 3.63) is 71.3 Å². The molecule has 0 aliphatic carbocycles. The number of hydrogen-bond donors (Lipinski definition) is 5. The Bertz CT molecular complexity index is 2610. The zero-order valence-electron chi connectivity index (χ0n) is 58.6. The second kappa shape index (κ2) is 39.8. The first-order valence-electron chi connectivity index (χ1n) is 34.3. The number of Topliss-reactive ketones (excluding diaryl/α,β-unsaturated/α-hetero) is 3. The third kappa shape index (κ3) is 24.8. The number of urea groups is 1. The molecule has 2 aromatic carbocycles. The van der Waals surface area contributed by atoms with E-state index >= 15 is 0 Å². The number of aliphatic hydroxyl groups is 1. The van der Waals surface area contributed by atoms with Crippen LogP contribution in [0.2, 0.25) is 0 Å². The Morgan fingerprint density at radius 2 is 1.42 bits per heavy atom. The van der Waals surface area contributed by atoms with Gasteiger partial charge in [-0.25, -0.2) is 9.59 Å². The first-order valence-corrected chi connectivity index (χ1v) is 34.3. The van der Waals surface area contributed by atoms with Gasteiger partial charge in [0, 0.05) is 85.1 Å². The van der Waals surface area contributed by atoms with Crippen LogP contribution in [-0.2, 0) is 56.0 Å². The highest BCUT2D eigenvalue weighted by molar-refractivity contribution is 5.93. The molecule has 2 fully saturated rings. The number of ketones is 3. The van der Waals surface area contributed by atoms with E-state index in [1.807, 2.05) is 70.0 Å². The number of benzene rings is 2. The molecule has 6 N–H and O–H groups in total. The second-order valence-electron chi connectivity index (χ2n) is 27.8. The number of primary amides is 1. The number of methoxy groups -OCH3 is 2.